The van der Waals surface area contributed by atoms with Crippen LogP contribution in [0.3, 0.4) is 0 Å². The van der Waals surface area contributed by atoms with Crippen molar-refractivity contribution in [2.24, 2.45) is 7.05 Å². The summed E-state index contributed by atoms with van der Waals surface area (Å²) in [4.78, 5) is 0. The van der Waals surface area contributed by atoms with E-state index in [2.05, 4.69) is 16.5 Å². The SMILES string of the molecule is COc1c(C(C#N)NC2CCCCCC2)c(C)nn1C. The van der Waals surface area contributed by atoms with E-state index >= 15 is 0 Å². The number of hydrogen-bond donors (Lipinski definition) is 1. The number of ether oxygens (including phenoxy) is 1. The summed E-state index contributed by atoms with van der Waals surface area (Å²) in [6, 6.07) is 2.45. The van der Waals surface area contributed by atoms with Gasteiger partial charge >= 0.3 is 0 Å². The number of nitrogens with one attached hydrogen (secondary N) is 1. The Hall–Kier alpha value is -1.54. The van der Waals surface area contributed by atoms with Crippen LogP contribution in [0.5, 0.6) is 5.88 Å². The molecule has 0 spiro atoms. The lowest BCUT2D eigenvalue weighted by molar-refractivity contribution is 0.361. The summed E-state index contributed by atoms with van der Waals surface area (Å²) in [5.74, 6) is 0.676. The van der Waals surface area contributed by atoms with Crippen LogP contribution in [0.2, 0.25) is 0 Å². The number of hydrogen-bond acceptors (Lipinski definition) is 4. The Labute approximate surface area is 120 Å². The topological polar surface area (TPSA) is 62.9 Å². The third kappa shape index (κ3) is 3.13. The first-order valence-electron chi connectivity index (χ1n) is 7.40. The van der Waals surface area contributed by atoms with E-state index in [1.165, 1.54) is 25.7 Å². The van der Waals surface area contributed by atoms with Gasteiger partial charge in [-0.25, -0.2) is 4.68 Å². The molecular formula is C15H24N4O. The lowest BCUT2D eigenvalue weighted by Crippen LogP contribution is -2.32. The van der Waals surface area contributed by atoms with Gasteiger partial charge in [-0.05, 0) is 19.8 Å². The number of nitrogens with zero attached hydrogens (tertiary/aromatic N) is 3. The van der Waals surface area contributed by atoms with Gasteiger partial charge in [0.15, 0.2) is 0 Å². The van der Waals surface area contributed by atoms with Crippen LogP contribution in [-0.2, 0) is 7.05 Å². The molecule has 1 unspecified atom stereocenters. The molecule has 0 bridgehead atoms. The zero-order valence-electron chi connectivity index (χ0n) is 12.6. The molecule has 20 heavy (non-hydrogen) atoms. The highest BCUT2D eigenvalue weighted by Crippen LogP contribution is 2.29. The van der Waals surface area contributed by atoms with Crippen molar-refractivity contribution in [3.63, 3.8) is 0 Å². The maximum absolute atomic E-state index is 9.53. The molecular weight excluding hydrogens is 252 g/mol. The van der Waals surface area contributed by atoms with Crippen LogP contribution < -0.4 is 10.1 Å². The quantitative estimate of drug-likeness (QED) is 0.859. The average molecular weight is 276 g/mol. The molecule has 1 aliphatic rings. The standard InChI is InChI=1S/C15H24N4O/c1-11-14(15(20-3)19(2)18-11)13(10-16)17-12-8-6-4-5-7-9-12/h12-13,17H,4-9H2,1-3H3. The first-order chi connectivity index (χ1) is 9.67. The summed E-state index contributed by atoms with van der Waals surface area (Å²) in [5.41, 5.74) is 1.73. The normalized spacial score (nSPS) is 18.3. The highest BCUT2D eigenvalue weighted by atomic mass is 16.5. The minimum atomic E-state index is -0.346. The van der Waals surface area contributed by atoms with Gasteiger partial charge in [0.05, 0.1) is 24.4 Å². The van der Waals surface area contributed by atoms with E-state index in [0.29, 0.717) is 11.9 Å². The van der Waals surface area contributed by atoms with Gasteiger partial charge in [-0.2, -0.15) is 10.4 Å². The van der Waals surface area contributed by atoms with Crippen molar-refractivity contribution < 1.29 is 4.74 Å². The third-order valence-corrected chi connectivity index (χ3v) is 4.08. The second kappa shape index (κ2) is 6.76. The molecule has 110 valence electrons. The molecule has 1 saturated carbocycles. The minimum Gasteiger partial charge on any atom is -0.481 e. The van der Waals surface area contributed by atoms with Crippen LogP contribution in [0.1, 0.15) is 55.8 Å². The van der Waals surface area contributed by atoms with E-state index in [1.54, 1.807) is 11.8 Å². The number of rotatable bonds is 4. The van der Waals surface area contributed by atoms with E-state index in [9.17, 15) is 5.26 Å². The summed E-state index contributed by atoms with van der Waals surface area (Å²) in [7, 11) is 3.47. The molecule has 0 amide bonds. The summed E-state index contributed by atoms with van der Waals surface area (Å²) in [5, 5.41) is 17.4. The lowest BCUT2D eigenvalue weighted by Gasteiger charge is -2.20. The predicted molar refractivity (Wildman–Crippen MR) is 77.5 cm³/mol. The molecule has 0 saturated heterocycles. The minimum absolute atomic E-state index is 0.346. The van der Waals surface area contributed by atoms with Crippen molar-refractivity contribution in [1.29, 1.82) is 5.26 Å². The maximum Gasteiger partial charge on any atom is 0.217 e. The van der Waals surface area contributed by atoms with Gasteiger partial charge in [-0.3, -0.25) is 5.32 Å². The van der Waals surface area contributed by atoms with Gasteiger partial charge in [0.25, 0.3) is 0 Å². The van der Waals surface area contributed by atoms with Crippen LogP contribution in [0.25, 0.3) is 0 Å². The zero-order chi connectivity index (χ0) is 14.5. The van der Waals surface area contributed by atoms with E-state index in [1.807, 2.05) is 14.0 Å². The van der Waals surface area contributed by atoms with Crippen molar-refractivity contribution in [2.45, 2.75) is 57.5 Å². The zero-order valence-corrected chi connectivity index (χ0v) is 12.6. The van der Waals surface area contributed by atoms with E-state index < -0.39 is 0 Å². The van der Waals surface area contributed by atoms with Crippen LogP contribution in [-0.4, -0.2) is 22.9 Å². The van der Waals surface area contributed by atoms with Crippen molar-refractivity contribution in [2.75, 3.05) is 7.11 Å². The fourth-order valence-electron chi connectivity index (χ4n) is 3.09. The van der Waals surface area contributed by atoms with Gasteiger partial charge in [0.2, 0.25) is 5.88 Å². The number of nitriles is 1. The molecule has 1 aliphatic carbocycles. The van der Waals surface area contributed by atoms with Gasteiger partial charge < -0.3 is 4.74 Å². The molecule has 0 radical (unpaired) electrons. The van der Waals surface area contributed by atoms with Crippen LogP contribution in [0, 0.1) is 18.3 Å². The molecule has 1 N–H and O–H groups in total. The number of methoxy groups -OCH3 is 1. The number of aromatic nitrogens is 2. The van der Waals surface area contributed by atoms with E-state index in [-0.39, 0.29) is 6.04 Å². The summed E-state index contributed by atoms with van der Waals surface area (Å²) in [6.45, 7) is 1.93. The predicted octanol–water partition coefficient (Wildman–Crippen LogP) is 2.61. The Morgan fingerprint density at radius 1 is 1.35 bits per heavy atom. The Bertz CT molecular complexity index is 481. The smallest absolute Gasteiger partial charge is 0.217 e. The van der Waals surface area contributed by atoms with Crippen LogP contribution >= 0.6 is 0 Å². The third-order valence-electron chi connectivity index (χ3n) is 4.08. The van der Waals surface area contributed by atoms with E-state index in [4.69, 9.17) is 4.74 Å². The molecule has 1 atom stereocenters. The molecule has 1 fully saturated rings. The summed E-state index contributed by atoms with van der Waals surface area (Å²) >= 11 is 0. The van der Waals surface area contributed by atoms with Crippen LogP contribution in [0.4, 0.5) is 0 Å². The highest BCUT2D eigenvalue weighted by Gasteiger charge is 2.25. The lowest BCUT2D eigenvalue weighted by atomic mass is 10.0. The molecule has 2 rings (SSSR count). The van der Waals surface area contributed by atoms with Crippen molar-refractivity contribution >= 4 is 0 Å². The molecule has 1 aromatic heterocycles. The molecule has 0 aromatic carbocycles. The summed E-state index contributed by atoms with van der Waals surface area (Å²) in [6.07, 6.45) is 7.42. The van der Waals surface area contributed by atoms with Crippen LogP contribution in [0.15, 0.2) is 0 Å². The van der Waals surface area contributed by atoms with Crippen molar-refractivity contribution in [3.8, 4) is 11.9 Å². The van der Waals surface area contributed by atoms with Crippen molar-refractivity contribution in [1.82, 2.24) is 15.1 Å². The van der Waals surface area contributed by atoms with Crippen molar-refractivity contribution in [3.05, 3.63) is 11.3 Å². The second-order valence-corrected chi connectivity index (χ2v) is 5.55. The second-order valence-electron chi connectivity index (χ2n) is 5.55. The Morgan fingerprint density at radius 2 is 2.00 bits per heavy atom. The highest BCUT2D eigenvalue weighted by molar-refractivity contribution is 5.37. The Morgan fingerprint density at radius 3 is 2.55 bits per heavy atom. The monoisotopic (exact) mass is 276 g/mol. The van der Waals surface area contributed by atoms with Gasteiger partial charge in [-0.1, -0.05) is 25.7 Å². The van der Waals surface area contributed by atoms with Gasteiger partial charge in [-0.15, -0.1) is 0 Å². The van der Waals surface area contributed by atoms with E-state index in [0.717, 1.165) is 24.1 Å². The molecule has 5 heteroatoms. The average Bonchev–Trinajstić information content (AvgIpc) is 2.61. The molecule has 0 aliphatic heterocycles. The van der Waals surface area contributed by atoms with Gasteiger partial charge in [0, 0.05) is 13.1 Å². The molecule has 1 aromatic rings. The fourth-order valence-corrected chi connectivity index (χ4v) is 3.09. The first kappa shape index (κ1) is 14.9. The molecule has 1 heterocycles. The Balaban J connectivity index is 2.18. The first-order valence-corrected chi connectivity index (χ1v) is 7.40. The number of aryl methyl sites for hydroxylation is 2. The summed E-state index contributed by atoms with van der Waals surface area (Å²) < 4.78 is 7.10. The Kier molecular flexibility index (Phi) is 5.02. The molecule has 5 nitrogen and oxygen atoms in total. The fraction of sp³-hybridized carbons (Fsp3) is 0.733. The maximum atomic E-state index is 9.53. The largest absolute Gasteiger partial charge is 0.481 e. The van der Waals surface area contributed by atoms with Gasteiger partial charge in [0.1, 0.15) is 6.04 Å².